The number of anilines is 1. The SMILES string of the molecule is CCOC(=O)C1=C(N)N(c2cccc([N+](=O)[O-])c2)C2=C(C(=O)CCC2)[C@H]1c1ccc(OCC)cc1. The molecule has 0 saturated heterocycles. The summed E-state index contributed by atoms with van der Waals surface area (Å²) in [6.07, 6.45) is 1.49. The number of non-ortho nitro benzene ring substituents is 1. The van der Waals surface area contributed by atoms with E-state index < -0.39 is 16.8 Å². The molecule has 9 nitrogen and oxygen atoms in total. The van der Waals surface area contributed by atoms with Crippen molar-refractivity contribution < 1.29 is 24.0 Å². The molecule has 1 atom stereocenters. The lowest BCUT2D eigenvalue weighted by Crippen LogP contribution is -2.41. The summed E-state index contributed by atoms with van der Waals surface area (Å²) in [7, 11) is 0. The van der Waals surface area contributed by atoms with Gasteiger partial charge in [-0.2, -0.15) is 0 Å². The zero-order chi connectivity index (χ0) is 25.1. The standard InChI is InChI=1S/C26H27N3O6/c1-3-34-19-13-11-16(12-14-19)22-23-20(9-6-10-21(23)30)28(25(27)24(22)26(31)35-4-2)17-7-5-8-18(15-17)29(32)33/h5,7-8,11-15,22H,3-4,6,9-10,27H2,1-2H3/t22-/m1/s1. The second-order valence-electron chi connectivity index (χ2n) is 8.20. The quantitative estimate of drug-likeness (QED) is 0.355. The van der Waals surface area contributed by atoms with Gasteiger partial charge < -0.3 is 15.2 Å². The van der Waals surface area contributed by atoms with Gasteiger partial charge in [0, 0.05) is 29.8 Å². The number of carbonyl (C=O) groups excluding carboxylic acids is 2. The Labute approximate surface area is 203 Å². The van der Waals surface area contributed by atoms with Gasteiger partial charge in [0.15, 0.2) is 5.78 Å². The molecule has 4 rings (SSSR count). The number of hydrogen-bond donors (Lipinski definition) is 1. The molecular weight excluding hydrogens is 450 g/mol. The highest BCUT2D eigenvalue weighted by Gasteiger charge is 2.43. The molecule has 35 heavy (non-hydrogen) atoms. The number of nitrogens with two attached hydrogens (primary N) is 1. The Hall–Kier alpha value is -4.14. The van der Waals surface area contributed by atoms with Gasteiger partial charge in [0.05, 0.1) is 35.3 Å². The van der Waals surface area contributed by atoms with Crippen LogP contribution in [0.2, 0.25) is 0 Å². The van der Waals surface area contributed by atoms with E-state index in [4.69, 9.17) is 15.2 Å². The van der Waals surface area contributed by atoms with Crippen molar-refractivity contribution in [2.45, 2.75) is 39.0 Å². The van der Waals surface area contributed by atoms with Crippen LogP contribution in [0.5, 0.6) is 5.75 Å². The molecule has 1 heterocycles. The predicted molar refractivity (Wildman–Crippen MR) is 130 cm³/mol. The van der Waals surface area contributed by atoms with Crippen LogP contribution in [0.1, 0.15) is 44.6 Å². The zero-order valence-corrected chi connectivity index (χ0v) is 19.7. The van der Waals surface area contributed by atoms with Crippen LogP contribution in [-0.2, 0) is 14.3 Å². The van der Waals surface area contributed by atoms with E-state index in [1.165, 1.54) is 12.1 Å². The molecule has 0 saturated carbocycles. The molecule has 9 heteroatoms. The van der Waals surface area contributed by atoms with Crippen molar-refractivity contribution in [3.05, 3.63) is 86.9 Å². The number of ether oxygens (including phenoxy) is 2. The van der Waals surface area contributed by atoms with Crippen molar-refractivity contribution in [1.82, 2.24) is 0 Å². The Kier molecular flexibility index (Phi) is 6.86. The summed E-state index contributed by atoms with van der Waals surface area (Å²) >= 11 is 0. The van der Waals surface area contributed by atoms with Gasteiger partial charge in [0.2, 0.25) is 0 Å². The average molecular weight is 478 g/mol. The van der Waals surface area contributed by atoms with Crippen LogP contribution in [0.4, 0.5) is 11.4 Å². The van der Waals surface area contributed by atoms with Gasteiger partial charge >= 0.3 is 5.97 Å². The van der Waals surface area contributed by atoms with Crippen LogP contribution >= 0.6 is 0 Å². The van der Waals surface area contributed by atoms with Gasteiger partial charge in [-0.05, 0) is 50.5 Å². The molecule has 182 valence electrons. The molecule has 2 N–H and O–H groups in total. The van der Waals surface area contributed by atoms with Gasteiger partial charge in [-0.3, -0.25) is 19.8 Å². The van der Waals surface area contributed by atoms with Crippen LogP contribution < -0.4 is 15.4 Å². The molecule has 1 aliphatic heterocycles. The van der Waals surface area contributed by atoms with Crippen LogP contribution in [0.3, 0.4) is 0 Å². The number of allylic oxidation sites excluding steroid dienone is 2. The number of ketones is 1. The molecule has 0 bridgehead atoms. The summed E-state index contributed by atoms with van der Waals surface area (Å²) in [5, 5.41) is 11.4. The third-order valence-corrected chi connectivity index (χ3v) is 6.11. The monoisotopic (exact) mass is 477 g/mol. The van der Waals surface area contributed by atoms with E-state index in [0.29, 0.717) is 54.1 Å². The Morgan fingerprint density at radius 3 is 2.54 bits per heavy atom. The second kappa shape index (κ2) is 10.0. The van der Waals surface area contributed by atoms with Crippen LogP contribution in [0.15, 0.2) is 71.2 Å². The summed E-state index contributed by atoms with van der Waals surface area (Å²) < 4.78 is 10.9. The van der Waals surface area contributed by atoms with E-state index in [9.17, 15) is 19.7 Å². The first-order valence-electron chi connectivity index (χ1n) is 11.6. The largest absolute Gasteiger partial charge is 0.494 e. The van der Waals surface area contributed by atoms with Crippen LogP contribution in [-0.4, -0.2) is 29.9 Å². The highest BCUT2D eigenvalue weighted by atomic mass is 16.6. The van der Waals surface area contributed by atoms with E-state index in [2.05, 4.69) is 0 Å². The van der Waals surface area contributed by atoms with Crippen molar-refractivity contribution in [2.24, 2.45) is 5.73 Å². The highest BCUT2D eigenvalue weighted by molar-refractivity contribution is 6.05. The summed E-state index contributed by atoms with van der Waals surface area (Å²) in [6.45, 7) is 4.22. The maximum absolute atomic E-state index is 13.3. The van der Waals surface area contributed by atoms with E-state index in [-0.39, 0.29) is 29.5 Å². The molecule has 2 aliphatic rings. The molecule has 1 aliphatic carbocycles. The molecular formula is C26H27N3O6. The van der Waals surface area contributed by atoms with Crippen molar-refractivity contribution >= 4 is 23.1 Å². The minimum absolute atomic E-state index is 0.0881. The van der Waals surface area contributed by atoms with Crippen molar-refractivity contribution in [3.8, 4) is 5.75 Å². The zero-order valence-electron chi connectivity index (χ0n) is 19.7. The molecule has 2 aromatic rings. The van der Waals surface area contributed by atoms with Gasteiger partial charge in [0.1, 0.15) is 11.6 Å². The Bertz CT molecular complexity index is 1230. The lowest BCUT2D eigenvalue weighted by atomic mass is 9.75. The van der Waals surface area contributed by atoms with Gasteiger partial charge in [-0.15, -0.1) is 0 Å². The molecule has 0 aromatic heterocycles. The first-order valence-corrected chi connectivity index (χ1v) is 11.6. The maximum atomic E-state index is 13.3. The molecule has 0 fully saturated rings. The lowest BCUT2D eigenvalue weighted by molar-refractivity contribution is -0.384. The molecule has 0 radical (unpaired) electrons. The number of nitro benzene ring substituents is 1. The Morgan fingerprint density at radius 1 is 1.14 bits per heavy atom. The number of esters is 1. The first-order chi connectivity index (χ1) is 16.9. The summed E-state index contributed by atoms with van der Waals surface area (Å²) in [5.41, 5.74) is 8.88. The minimum Gasteiger partial charge on any atom is -0.494 e. The van der Waals surface area contributed by atoms with Crippen molar-refractivity contribution in [1.29, 1.82) is 0 Å². The van der Waals surface area contributed by atoms with Gasteiger partial charge in [-0.25, -0.2) is 4.79 Å². The minimum atomic E-state index is -0.720. The van der Waals surface area contributed by atoms with E-state index >= 15 is 0 Å². The third kappa shape index (κ3) is 4.49. The van der Waals surface area contributed by atoms with E-state index in [0.717, 1.165) is 0 Å². The molecule has 0 spiro atoms. The fourth-order valence-electron chi connectivity index (χ4n) is 4.69. The number of rotatable bonds is 7. The number of benzene rings is 2. The summed E-state index contributed by atoms with van der Waals surface area (Å²) in [6, 6.07) is 13.2. The van der Waals surface area contributed by atoms with Crippen LogP contribution in [0.25, 0.3) is 0 Å². The maximum Gasteiger partial charge on any atom is 0.338 e. The van der Waals surface area contributed by atoms with Gasteiger partial charge in [-0.1, -0.05) is 18.2 Å². The fraction of sp³-hybridized carbons (Fsp3) is 0.308. The van der Waals surface area contributed by atoms with Crippen molar-refractivity contribution in [3.63, 3.8) is 0 Å². The average Bonchev–Trinajstić information content (AvgIpc) is 2.84. The Balaban J connectivity index is 1.95. The number of Topliss-reactive ketones (excluding diaryl/α,β-unsaturated/α-hetero) is 1. The summed E-state index contributed by atoms with van der Waals surface area (Å²) in [5.74, 6) is -0.679. The van der Waals surface area contributed by atoms with E-state index in [1.54, 1.807) is 36.1 Å². The second-order valence-corrected chi connectivity index (χ2v) is 8.20. The first kappa shape index (κ1) is 24.0. The molecule has 0 amide bonds. The van der Waals surface area contributed by atoms with Crippen molar-refractivity contribution in [2.75, 3.05) is 18.1 Å². The summed E-state index contributed by atoms with van der Waals surface area (Å²) in [4.78, 5) is 39.1. The third-order valence-electron chi connectivity index (χ3n) is 6.11. The number of hydrogen-bond acceptors (Lipinski definition) is 8. The van der Waals surface area contributed by atoms with Gasteiger partial charge in [0.25, 0.3) is 5.69 Å². The van der Waals surface area contributed by atoms with E-state index in [1.807, 2.05) is 19.1 Å². The number of carbonyl (C=O) groups is 2. The number of nitro groups is 1. The topological polar surface area (TPSA) is 125 Å². The smallest absolute Gasteiger partial charge is 0.338 e. The molecule has 0 unspecified atom stereocenters. The lowest BCUT2D eigenvalue weighted by Gasteiger charge is -2.40. The van der Waals surface area contributed by atoms with Crippen LogP contribution in [0, 0.1) is 10.1 Å². The predicted octanol–water partition coefficient (Wildman–Crippen LogP) is 4.34. The highest BCUT2D eigenvalue weighted by Crippen LogP contribution is 2.47. The molecule has 2 aromatic carbocycles. The Morgan fingerprint density at radius 2 is 1.89 bits per heavy atom. The number of nitrogens with zero attached hydrogens (tertiary/aromatic N) is 2. The fourth-order valence-corrected chi connectivity index (χ4v) is 4.69. The normalized spacial score (nSPS) is 17.8.